The first-order valence-electron chi connectivity index (χ1n) is 5.59. The highest BCUT2D eigenvalue weighted by Crippen LogP contribution is 2.17. The Morgan fingerprint density at radius 1 is 1.11 bits per heavy atom. The number of hydrogen-bond acceptors (Lipinski definition) is 2. The molecule has 2 nitrogen and oxygen atoms in total. The molecule has 1 unspecified atom stereocenters. The lowest BCUT2D eigenvalue weighted by Crippen LogP contribution is -2.29. The molecule has 2 N–H and O–H groups in total. The maximum atomic E-state index is 13.0. The van der Waals surface area contributed by atoms with Crippen molar-refractivity contribution in [3.8, 4) is 0 Å². The lowest BCUT2D eigenvalue weighted by molar-refractivity contribution is 0.315. The molecule has 1 aliphatic rings. The second-order valence-electron chi connectivity index (χ2n) is 4.29. The smallest absolute Gasteiger partial charge is 0.159 e. The average Bonchev–Trinajstić information content (AvgIpc) is 2.74. The summed E-state index contributed by atoms with van der Waals surface area (Å²) in [4.78, 5) is 2.26. The van der Waals surface area contributed by atoms with E-state index >= 15 is 0 Å². The van der Waals surface area contributed by atoms with E-state index in [2.05, 4.69) is 4.90 Å². The molecular formula is C12H18Cl2F2N2. The molecule has 0 saturated carbocycles. The van der Waals surface area contributed by atoms with Crippen LogP contribution in [0.15, 0.2) is 18.2 Å². The van der Waals surface area contributed by atoms with E-state index in [4.69, 9.17) is 5.73 Å². The molecule has 104 valence electrons. The van der Waals surface area contributed by atoms with Crippen molar-refractivity contribution in [3.63, 3.8) is 0 Å². The monoisotopic (exact) mass is 298 g/mol. The van der Waals surface area contributed by atoms with Gasteiger partial charge in [0.25, 0.3) is 0 Å². The number of rotatable bonds is 3. The van der Waals surface area contributed by atoms with Crippen molar-refractivity contribution in [1.82, 2.24) is 4.90 Å². The summed E-state index contributed by atoms with van der Waals surface area (Å²) in [5.74, 6) is -1.65. The zero-order valence-electron chi connectivity index (χ0n) is 9.94. The van der Waals surface area contributed by atoms with Crippen LogP contribution in [0.3, 0.4) is 0 Å². The number of halogens is 4. The number of nitrogens with zero attached hydrogens (tertiary/aromatic N) is 1. The lowest BCUT2D eigenvalue weighted by Gasteiger charge is -2.20. The molecular weight excluding hydrogens is 281 g/mol. The molecule has 18 heavy (non-hydrogen) atoms. The van der Waals surface area contributed by atoms with Gasteiger partial charge in [0.2, 0.25) is 0 Å². The standard InChI is InChI=1S/C12H16F2N2.2ClH/c13-10-4-3-9(7-11(10)14)12(15)8-16-5-1-2-6-16;;/h3-4,7,12H,1-2,5-6,8,15H2;2*1H. The highest BCUT2D eigenvalue weighted by Gasteiger charge is 2.16. The summed E-state index contributed by atoms with van der Waals surface area (Å²) in [7, 11) is 0. The highest BCUT2D eigenvalue weighted by atomic mass is 35.5. The van der Waals surface area contributed by atoms with Crippen LogP contribution in [0.4, 0.5) is 8.78 Å². The van der Waals surface area contributed by atoms with Gasteiger partial charge in [0, 0.05) is 12.6 Å². The summed E-state index contributed by atoms with van der Waals surface area (Å²) in [5.41, 5.74) is 6.62. The molecule has 0 amide bonds. The Kier molecular flexibility index (Phi) is 7.71. The van der Waals surface area contributed by atoms with Crippen molar-refractivity contribution in [3.05, 3.63) is 35.4 Å². The molecule has 0 spiro atoms. The fourth-order valence-corrected chi connectivity index (χ4v) is 2.09. The Hall–Kier alpha value is -0.420. The molecule has 2 rings (SSSR count). The van der Waals surface area contributed by atoms with Gasteiger partial charge in [0.05, 0.1) is 0 Å². The molecule has 1 fully saturated rings. The molecule has 1 saturated heterocycles. The van der Waals surface area contributed by atoms with Crippen molar-refractivity contribution in [2.45, 2.75) is 18.9 Å². The molecule has 1 heterocycles. The maximum absolute atomic E-state index is 13.0. The Balaban J connectivity index is 0.00000144. The maximum Gasteiger partial charge on any atom is 0.159 e. The third-order valence-corrected chi connectivity index (χ3v) is 3.03. The van der Waals surface area contributed by atoms with E-state index in [-0.39, 0.29) is 30.9 Å². The normalized spacial score (nSPS) is 16.8. The average molecular weight is 299 g/mol. The van der Waals surface area contributed by atoms with Crippen molar-refractivity contribution in [2.24, 2.45) is 5.73 Å². The molecule has 0 bridgehead atoms. The van der Waals surface area contributed by atoms with E-state index in [1.165, 1.54) is 18.9 Å². The summed E-state index contributed by atoms with van der Waals surface area (Å²) >= 11 is 0. The number of benzene rings is 1. The van der Waals surface area contributed by atoms with Gasteiger partial charge in [-0.05, 0) is 43.6 Å². The van der Waals surface area contributed by atoms with Crippen molar-refractivity contribution >= 4 is 24.8 Å². The van der Waals surface area contributed by atoms with E-state index < -0.39 is 11.6 Å². The third kappa shape index (κ3) is 4.35. The lowest BCUT2D eigenvalue weighted by atomic mass is 10.1. The van der Waals surface area contributed by atoms with Gasteiger partial charge in [0.1, 0.15) is 0 Å². The Bertz CT molecular complexity index is 371. The first-order chi connectivity index (χ1) is 7.66. The predicted molar refractivity (Wildman–Crippen MR) is 73.5 cm³/mol. The van der Waals surface area contributed by atoms with Gasteiger partial charge in [-0.25, -0.2) is 8.78 Å². The van der Waals surface area contributed by atoms with E-state index in [9.17, 15) is 8.78 Å². The van der Waals surface area contributed by atoms with E-state index in [0.717, 1.165) is 19.2 Å². The van der Waals surface area contributed by atoms with Gasteiger partial charge in [-0.3, -0.25) is 0 Å². The topological polar surface area (TPSA) is 29.3 Å². The van der Waals surface area contributed by atoms with Crippen LogP contribution in [-0.4, -0.2) is 24.5 Å². The van der Waals surface area contributed by atoms with Crippen molar-refractivity contribution in [2.75, 3.05) is 19.6 Å². The van der Waals surface area contributed by atoms with Crippen LogP contribution >= 0.6 is 24.8 Å². The Morgan fingerprint density at radius 3 is 2.28 bits per heavy atom. The van der Waals surface area contributed by atoms with Gasteiger partial charge in [-0.15, -0.1) is 24.8 Å². The minimum atomic E-state index is -0.825. The van der Waals surface area contributed by atoms with Gasteiger partial charge in [-0.1, -0.05) is 6.07 Å². The van der Waals surface area contributed by atoms with E-state index in [0.29, 0.717) is 12.1 Å². The van der Waals surface area contributed by atoms with Crippen LogP contribution in [-0.2, 0) is 0 Å². The molecule has 1 atom stereocenters. The van der Waals surface area contributed by atoms with Crippen LogP contribution < -0.4 is 5.73 Å². The zero-order valence-corrected chi connectivity index (χ0v) is 11.6. The van der Waals surface area contributed by atoms with Crippen LogP contribution in [0, 0.1) is 11.6 Å². The Labute approximate surface area is 118 Å². The summed E-state index contributed by atoms with van der Waals surface area (Å²) in [5, 5.41) is 0. The van der Waals surface area contributed by atoms with Gasteiger partial charge < -0.3 is 10.6 Å². The summed E-state index contributed by atoms with van der Waals surface area (Å²) < 4.78 is 25.7. The summed E-state index contributed by atoms with van der Waals surface area (Å²) in [6.45, 7) is 2.82. The van der Waals surface area contributed by atoms with Crippen molar-refractivity contribution < 1.29 is 8.78 Å². The van der Waals surface area contributed by atoms with Crippen molar-refractivity contribution in [1.29, 1.82) is 0 Å². The molecule has 6 heteroatoms. The SMILES string of the molecule is Cl.Cl.NC(CN1CCCC1)c1ccc(F)c(F)c1. The third-order valence-electron chi connectivity index (χ3n) is 3.03. The quantitative estimate of drug-likeness (QED) is 0.930. The molecule has 1 aromatic rings. The highest BCUT2D eigenvalue weighted by molar-refractivity contribution is 5.85. The number of hydrogen-bond donors (Lipinski definition) is 1. The summed E-state index contributed by atoms with van der Waals surface area (Å²) in [6, 6.07) is 3.64. The second kappa shape index (κ2) is 7.89. The van der Waals surface area contributed by atoms with Crippen LogP contribution in [0.2, 0.25) is 0 Å². The van der Waals surface area contributed by atoms with Gasteiger partial charge in [0.15, 0.2) is 11.6 Å². The Morgan fingerprint density at radius 2 is 1.72 bits per heavy atom. The minimum Gasteiger partial charge on any atom is -0.323 e. The molecule has 1 aliphatic heterocycles. The summed E-state index contributed by atoms with van der Waals surface area (Å²) in [6.07, 6.45) is 2.40. The van der Waals surface area contributed by atoms with Gasteiger partial charge in [-0.2, -0.15) is 0 Å². The molecule has 0 radical (unpaired) electrons. The fourth-order valence-electron chi connectivity index (χ4n) is 2.09. The molecule has 1 aromatic carbocycles. The molecule has 0 aliphatic carbocycles. The van der Waals surface area contributed by atoms with E-state index in [1.54, 1.807) is 6.07 Å². The molecule has 0 aromatic heterocycles. The van der Waals surface area contributed by atoms with Gasteiger partial charge >= 0.3 is 0 Å². The fraction of sp³-hybridized carbons (Fsp3) is 0.500. The second-order valence-corrected chi connectivity index (χ2v) is 4.29. The van der Waals surface area contributed by atoms with E-state index in [1.807, 2.05) is 0 Å². The zero-order chi connectivity index (χ0) is 11.5. The van der Waals surface area contributed by atoms with Crippen LogP contribution in [0.25, 0.3) is 0 Å². The van der Waals surface area contributed by atoms with Crippen LogP contribution in [0.5, 0.6) is 0 Å². The predicted octanol–water partition coefficient (Wildman–Crippen LogP) is 2.90. The largest absolute Gasteiger partial charge is 0.323 e. The van der Waals surface area contributed by atoms with Crippen LogP contribution in [0.1, 0.15) is 24.4 Å². The first-order valence-corrected chi connectivity index (χ1v) is 5.59. The first kappa shape index (κ1) is 17.6. The number of likely N-dealkylation sites (tertiary alicyclic amines) is 1. The minimum absolute atomic E-state index is 0. The number of nitrogens with two attached hydrogens (primary N) is 1.